The molecule has 21 heavy (non-hydrogen) atoms. The molecule has 4 heteroatoms. The Morgan fingerprint density at radius 1 is 1.43 bits per heavy atom. The van der Waals surface area contributed by atoms with E-state index < -0.39 is 0 Å². The fourth-order valence-electron chi connectivity index (χ4n) is 3.21. The molecule has 0 radical (unpaired) electrons. The molecular weight excluding hydrogens is 282 g/mol. The number of hydrogen-bond donors (Lipinski definition) is 1. The maximum Gasteiger partial charge on any atom is 0.0642 e. The zero-order chi connectivity index (χ0) is 15.4. The topological polar surface area (TPSA) is 32.5 Å². The highest BCUT2D eigenvalue weighted by molar-refractivity contribution is 6.33. The summed E-state index contributed by atoms with van der Waals surface area (Å²) >= 11 is 6.54. The molecule has 0 amide bonds. The molecule has 1 fully saturated rings. The molecule has 118 valence electrons. The van der Waals surface area contributed by atoms with Gasteiger partial charge in [0.25, 0.3) is 0 Å². The Balaban J connectivity index is 2.28. The van der Waals surface area contributed by atoms with Gasteiger partial charge in [-0.15, -0.1) is 0 Å². The van der Waals surface area contributed by atoms with Gasteiger partial charge < -0.3 is 15.5 Å². The maximum absolute atomic E-state index is 6.54. The lowest BCUT2D eigenvalue weighted by molar-refractivity contribution is 0.372. The SMILES string of the molecule is CCC(N)Cc1cccc(Cl)c1N1CCCC1CN(C)C. The molecule has 0 spiro atoms. The maximum atomic E-state index is 6.54. The molecule has 1 saturated heterocycles. The molecule has 1 aromatic carbocycles. The minimum Gasteiger partial charge on any atom is -0.366 e. The van der Waals surface area contributed by atoms with Gasteiger partial charge in [0.05, 0.1) is 10.7 Å². The number of likely N-dealkylation sites (N-methyl/N-ethyl adjacent to an activating group) is 1. The summed E-state index contributed by atoms with van der Waals surface area (Å²) in [5.74, 6) is 0. The largest absolute Gasteiger partial charge is 0.366 e. The molecule has 2 unspecified atom stereocenters. The Morgan fingerprint density at radius 3 is 2.86 bits per heavy atom. The summed E-state index contributed by atoms with van der Waals surface area (Å²) in [5, 5.41) is 0.862. The Bertz CT molecular complexity index is 461. The highest BCUT2D eigenvalue weighted by atomic mass is 35.5. The number of nitrogens with zero attached hydrogens (tertiary/aromatic N) is 2. The minimum atomic E-state index is 0.206. The van der Waals surface area contributed by atoms with E-state index in [9.17, 15) is 0 Å². The van der Waals surface area contributed by atoms with Crippen LogP contribution in [0.3, 0.4) is 0 Å². The first-order chi connectivity index (χ1) is 10.0. The van der Waals surface area contributed by atoms with Crippen LogP contribution in [-0.2, 0) is 6.42 Å². The van der Waals surface area contributed by atoms with E-state index in [-0.39, 0.29) is 6.04 Å². The lowest BCUT2D eigenvalue weighted by atomic mass is 10.0. The number of nitrogens with two attached hydrogens (primary N) is 1. The van der Waals surface area contributed by atoms with Crippen molar-refractivity contribution in [3.8, 4) is 0 Å². The van der Waals surface area contributed by atoms with E-state index in [1.165, 1.54) is 24.1 Å². The van der Waals surface area contributed by atoms with Gasteiger partial charge in [0.15, 0.2) is 0 Å². The summed E-state index contributed by atoms with van der Waals surface area (Å²) in [6.45, 7) is 4.31. The number of halogens is 1. The van der Waals surface area contributed by atoms with Gasteiger partial charge in [-0.05, 0) is 51.4 Å². The van der Waals surface area contributed by atoms with Gasteiger partial charge in [0.2, 0.25) is 0 Å². The molecule has 0 saturated carbocycles. The number of hydrogen-bond acceptors (Lipinski definition) is 3. The second-order valence-electron chi connectivity index (χ2n) is 6.37. The van der Waals surface area contributed by atoms with E-state index >= 15 is 0 Å². The van der Waals surface area contributed by atoms with Gasteiger partial charge in [-0.25, -0.2) is 0 Å². The van der Waals surface area contributed by atoms with Gasteiger partial charge in [-0.1, -0.05) is 30.7 Å². The van der Waals surface area contributed by atoms with Crippen LogP contribution in [0.2, 0.25) is 5.02 Å². The molecule has 0 bridgehead atoms. The molecule has 0 aliphatic carbocycles. The van der Waals surface area contributed by atoms with E-state index in [0.29, 0.717) is 6.04 Å². The first-order valence-electron chi connectivity index (χ1n) is 7.97. The summed E-state index contributed by atoms with van der Waals surface area (Å²) in [7, 11) is 4.27. The van der Waals surface area contributed by atoms with Crippen molar-refractivity contribution in [1.82, 2.24) is 4.90 Å². The summed E-state index contributed by atoms with van der Waals surface area (Å²) in [4.78, 5) is 4.76. The first kappa shape index (κ1) is 16.6. The van der Waals surface area contributed by atoms with E-state index in [0.717, 1.165) is 31.0 Å². The average molecular weight is 310 g/mol. The van der Waals surface area contributed by atoms with Crippen molar-refractivity contribution < 1.29 is 0 Å². The van der Waals surface area contributed by atoms with Crippen LogP contribution < -0.4 is 10.6 Å². The van der Waals surface area contributed by atoms with Crippen molar-refractivity contribution in [3.63, 3.8) is 0 Å². The van der Waals surface area contributed by atoms with E-state index in [1.807, 2.05) is 12.1 Å². The van der Waals surface area contributed by atoms with E-state index in [2.05, 4.69) is 36.9 Å². The number of para-hydroxylation sites is 1. The molecule has 2 rings (SSSR count). The van der Waals surface area contributed by atoms with Crippen LogP contribution in [0.4, 0.5) is 5.69 Å². The fraction of sp³-hybridized carbons (Fsp3) is 0.647. The summed E-state index contributed by atoms with van der Waals surface area (Å²) < 4.78 is 0. The third-order valence-electron chi connectivity index (χ3n) is 4.32. The third-order valence-corrected chi connectivity index (χ3v) is 4.62. The molecular formula is C17H28ClN3. The predicted molar refractivity (Wildman–Crippen MR) is 92.3 cm³/mol. The van der Waals surface area contributed by atoms with Gasteiger partial charge in [-0.2, -0.15) is 0 Å². The quantitative estimate of drug-likeness (QED) is 0.876. The molecule has 1 aliphatic rings. The monoisotopic (exact) mass is 309 g/mol. The Morgan fingerprint density at radius 2 is 2.19 bits per heavy atom. The highest BCUT2D eigenvalue weighted by Gasteiger charge is 2.28. The van der Waals surface area contributed by atoms with Crippen molar-refractivity contribution in [2.45, 2.75) is 44.7 Å². The second kappa shape index (κ2) is 7.48. The van der Waals surface area contributed by atoms with Gasteiger partial charge >= 0.3 is 0 Å². The summed E-state index contributed by atoms with van der Waals surface area (Å²) in [6, 6.07) is 6.99. The number of anilines is 1. The van der Waals surface area contributed by atoms with Crippen molar-refractivity contribution in [1.29, 1.82) is 0 Å². The van der Waals surface area contributed by atoms with Gasteiger partial charge in [-0.3, -0.25) is 0 Å². The van der Waals surface area contributed by atoms with Gasteiger partial charge in [0, 0.05) is 25.2 Å². The van der Waals surface area contributed by atoms with Crippen LogP contribution in [0.25, 0.3) is 0 Å². The molecule has 3 nitrogen and oxygen atoms in total. The first-order valence-corrected chi connectivity index (χ1v) is 8.35. The van der Waals surface area contributed by atoms with Crippen molar-refractivity contribution in [3.05, 3.63) is 28.8 Å². The van der Waals surface area contributed by atoms with Crippen LogP contribution in [0.15, 0.2) is 18.2 Å². The normalized spacial score (nSPS) is 20.3. The smallest absolute Gasteiger partial charge is 0.0642 e. The van der Waals surface area contributed by atoms with E-state index in [4.69, 9.17) is 17.3 Å². The van der Waals surface area contributed by atoms with Crippen molar-refractivity contribution in [2.24, 2.45) is 5.73 Å². The second-order valence-corrected chi connectivity index (χ2v) is 6.78. The number of benzene rings is 1. The van der Waals surface area contributed by atoms with Gasteiger partial charge in [0.1, 0.15) is 0 Å². The molecule has 2 atom stereocenters. The third kappa shape index (κ3) is 4.12. The van der Waals surface area contributed by atoms with Crippen LogP contribution in [0.1, 0.15) is 31.7 Å². The van der Waals surface area contributed by atoms with E-state index in [1.54, 1.807) is 0 Å². The molecule has 0 aromatic heterocycles. The average Bonchev–Trinajstić information content (AvgIpc) is 2.86. The Hall–Kier alpha value is -0.770. The Labute approximate surface area is 134 Å². The predicted octanol–water partition coefficient (Wildman–Crippen LogP) is 3.15. The molecule has 2 N–H and O–H groups in total. The summed E-state index contributed by atoms with van der Waals surface area (Å²) in [6.07, 6.45) is 4.37. The standard InChI is InChI=1S/C17H28ClN3/c1-4-14(19)11-13-7-5-9-16(18)17(13)21-10-6-8-15(21)12-20(2)3/h5,7,9,14-15H,4,6,8,10-12,19H2,1-3H3. The van der Waals surface area contributed by atoms with Crippen molar-refractivity contribution >= 4 is 17.3 Å². The molecule has 1 heterocycles. The molecule has 1 aliphatic heterocycles. The van der Waals surface area contributed by atoms with Crippen LogP contribution in [-0.4, -0.2) is 44.2 Å². The zero-order valence-electron chi connectivity index (χ0n) is 13.5. The number of rotatable bonds is 6. The lowest BCUT2D eigenvalue weighted by Crippen LogP contribution is -2.38. The minimum absolute atomic E-state index is 0.206. The zero-order valence-corrected chi connectivity index (χ0v) is 14.2. The lowest BCUT2D eigenvalue weighted by Gasteiger charge is -2.32. The summed E-state index contributed by atoms with van der Waals surface area (Å²) in [5.41, 5.74) is 8.68. The highest BCUT2D eigenvalue weighted by Crippen LogP contribution is 2.35. The Kier molecular flexibility index (Phi) is 5.91. The van der Waals surface area contributed by atoms with Crippen molar-refractivity contribution in [2.75, 3.05) is 32.1 Å². The molecule has 1 aromatic rings. The van der Waals surface area contributed by atoms with Crippen LogP contribution >= 0.6 is 11.6 Å². The van der Waals surface area contributed by atoms with Crippen LogP contribution in [0.5, 0.6) is 0 Å². The van der Waals surface area contributed by atoms with Crippen LogP contribution in [0, 0.1) is 0 Å². The fourth-order valence-corrected chi connectivity index (χ4v) is 3.52.